The number of hydrogen-bond donors (Lipinski definition) is 1. The van der Waals surface area contributed by atoms with Crippen LogP contribution in [0.25, 0.3) is 10.8 Å². The summed E-state index contributed by atoms with van der Waals surface area (Å²) in [6.07, 6.45) is 6.11. The minimum absolute atomic E-state index is 0.460. The lowest BCUT2D eigenvalue weighted by Crippen LogP contribution is -2.43. The first-order chi connectivity index (χ1) is 15.7. The van der Waals surface area contributed by atoms with Crippen LogP contribution in [0.2, 0.25) is 0 Å². The van der Waals surface area contributed by atoms with E-state index in [1.165, 1.54) is 22.2 Å². The number of aromatic nitrogens is 3. The van der Waals surface area contributed by atoms with E-state index in [2.05, 4.69) is 85.7 Å². The van der Waals surface area contributed by atoms with E-state index in [0.717, 1.165) is 54.8 Å². The van der Waals surface area contributed by atoms with Crippen molar-refractivity contribution in [3.05, 3.63) is 82.3 Å². The molecule has 0 amide bonds. The average molecular weight is 462 g/mol. The molecule has 3 heterocycles. The fourth-order valence-electron chi connectivity index (χ4n) is 4.54. The molecule has 1 aliphatic rings. The summed E-state index contributed by atoms with van der Waals surface area (Å²) in [5.41, 5.74) is 2.39. The highest BCUT2D eigenvalue weighted by Gasteiger charge is 2.25. The number of likely N-dealkylation sites (tertiary alicyclic amines) is 1. The van der Waals surface area contributed by atoms with Crippen molar-refractivity contribution in [2.75, 3.05) is 13.1 Å². The third-order valence-corrected chi connectivity index (χ3v) is 7.43. The molecule has 0 bridgehead atoms. The number of benzene rings is 2. The Bertz CT molecular complexity index is 1210. The van der Waals surface area contributed by atoms with Gasteiger partial charge in [0.1, 0.15) is 5.82 Å². The Labute approximate surface area is 198 Å². The van der Waals surface area contributed by atoms with Gasteiger partial charge in [0.25, 0.3) is 0 Å². The smallest absolute Gasteiger partial charge is 0.169 e. The number of piperidine rings is 1. The molecule has 0 atom stereocenters. The molecule has 4 aromatic rings. The maximum Gasteiger partial charge on any atom is 0.169 e. The largest absolute Gasteiger partial charge is 0.358 e. The molecule has 164 valence electrons. The van der Waals surface area contributed by atoms with Crippen molar-refractivity contribution in [1.82, 2.24) is 24.8 Å². The molecular formula is C25H27N5S2. The maximum absolute atomic E-state index is 5.74. The molecule has 7 heteroatoms. The number of hydrogen-bond acceptors (Lipinski definition) is 4. The van der Waals surface area contributed by atoms with Crippen LogP contribution in [0.3, 0.4) is 0 Å². The van der Waals surface area contributed by atoms with Gasteiger partial charge in [-0.1, -0.05) is 42.5 Å². The van der Waals surface area contributed by atoms with Crippen LogP contribution < -0.4 is 5.32 Å². The summed E-state index contributed by atoms with van der Waals surface area (Å²) < 4.78 is 2.26. The highest BCUT2D eigenvalue weighted by molar-refractivity contribution is 7.80. The Balaban J connectivity index is 1.17. The molecule has 2 aromatic carbocycles. The van der Waals surface area contributed by atoms with Gasteiger partial charge in [-0.15, -0.1) is 11.3 Å². The lowest BCUT2D eigenvalue weighted by molar-refractivity contribution is 0.300. The number of thiazole rings is 1. The number of aryl methyl sites for hydroxylation is 1. The van der Waals surface area contributed by atoms with Crippen molar-refractivity contribution in [1.29, 1.82) is 0 Å². The summed E-state index contributed by atoms with van der Waals surface area (Å²) in [5, 5.41) is 10.1. The standard InChI is InChI=1S/C25H27N5S2/c1-18-28-22(17-32-18)16-30-14-11-26-24(30)20-9-12-29(13-10-20)25(31)27-15-21-7-4-6-19-5-2-3-8-23(19)21/h2-8,11,14,17,20H,9-10,12-13,15-16H2,1H3,(H,27,31). The Hall–Kier alpha value is -2.77. The molecule has 0 aliphatic carbocycles. The third-order valence-electron chi connectivity index (χ3n) is 6.20. The quantitative estimate of drug-likeness (QED) is 0.419. The minimum atomic E-state index is 0.460. The molecule has 1 aliphatic heterocycles. The first kappa shape index (κ1) is 21.1. The van der Waals surface area contributed by atoms with Crippen LogP contribution in [-0.4, -0.2) is 37.6 Å². The van der Waals surface area contributed by atoms with E-state index in [1.807, 2.05) is 6.20 Å². The van der Waals surface area contributed by atoms with E-state index in [-0.39, 0.29) is 0 Å². The summed E-state index contributed by atoms with van der Waals surface area (Å²) in [4.78, 5) is 11.6. The predicted octanol–water partition coefficient (Wildman–Crippen LogP) is 5.10. The monoisotopic (exact) mass is 461 g/mol. The van der Waals surface area contributed by atoms with Gasteiger partial charge in [0, 0.05) is 43.3 Å². The fraction of sp³-hybridized carbons (Fsp3) is 0.320. The van der Waals surface area contributed by atoms with E-state index in [9.17, 15) is 0 Å². The second kappa shape index (κ2) is 9.38. The Morgan fingerprint density at radius 3 is 2.78 bits per heavy atom. The van der Waals surface area contributed by atoms with E-state index < -0.39 is 0 Å². The summed E-state index contributed by atoms with van der Waals surface area (Å²) in [6.45, 7) is 5.50. The third kappa shape index (κ3) is 4.54. The number of nitrogens with zero attached hydrogens (tertiary/aromatic N) is 4. The molecular weight excluding hydrogens is 434 g/mol. The highest BCUT2D eigenvalue weighted by atomic mass is 32.1. The van der Waals surface area contributed by atoms with Crippen LogP contribution in [0, 0.1) is 6.92 Å². The van der Waals surface area contributed by atoms with Gasteiger partial charge in [-0.25, -0.2) is 9.97 Å². The van der Waals surface area contributed by atoms with Crippen molar-refractivity contribution >= 4 is 39.4 Å². The summed E-state index contributed by atoms with van der Waals surface area (Å²) in [7, 11) is 0. The number of nitrogens with one attached hydrogen (secondary N) is 1. The first-order valence-corrected chi connectivity index (χ1v) is 12.4. The van der Waals surface area contributed by atoms with E-state index in [4.69, 9.17) is 12.2 Å². The van der Waals surface area contributed by atoms with Crippen LogP contribution in [0.5, 0.6) is 0 Å². The summed E-state index contributed by atoms with van der Waals surface area (Å²) >= 11 is 7.44. The molecule has 1 N–H and O–H groups in total. The van der Waals surface area contributed by atoms with Gasteiger partial charge in [-0.05, 0) is 48.3 Å². The van der Waals surface area contributed by atoms with Gasteiger partial charge < -0.3 is 14.8 Å². The van der Waals surface area contributed by atoms with Crippen LogP contribution in [-0.2, 0) is 13.1 Å². The molecule has 5 nitrogen and oxygen atoms in total. The second-order valence-corrected chi connectivity index (χ2v) is 9.78. The predicted molar refractivity (Wildman–Crippen MR) is 135 cm³/mol. The molecule has 0 saturated carbocycles. The molecule has 0 radical (unpaired) electrons. The van der Waals surface area contributed by atoms with Gasteiger partial charge in [0.15, 0.2) is 5.11 Å². The zero-order valence-electron chi connectivity index (χ0n) is 18.2. The highest BCUT2D eigenvalue weighted by Crippen LogP contribution is 2.28. The van der Waals surface area contributed by atoms with Crippen LogP contribution in [0.15, 0.2) is 60.2 Å². The molecule has 32 heavy (non-hydrogen) atoms. The van der Waals surface area contributed by atoms with Crippen molar-refractivity contribution < 1.29 is 0 Å². The Morgan fingerprint density at radius 2 is 1.97 bits per heavy atom. The maximum atomic E-state index is 5.74. The van der Waals surface area contributed by atoms with Gasteiger partial charge in [-0.3, -0.25) is 0 Å². The van der Waals surface area contributed by atoms with Crippen molar-refractivity contribution in [3.63, 3.8) is 0 Å². The number of imidazole rings is 1. The van der Waals surface area contributed by atoms with Crippen molar-refractivity contribution in [3.8, 4) is 0 Å². The Kier molecular flexibility index (Phi) is 6.19. The molecule has 2 aromatic heterocycles. The lowest BCUT2D eigenvalue weighted by Gasteiger charge is -2.33. The number of rotatable bonds is 5. The lowest BCUT2D eigenvalue weighted by atomic mass is 9.96. The van der Waals surface area contributed by atoms with E-state index in [0.29, 0.717) is 5.92 Å². The van der Waals surface area contributed by atoms with Crippen LogP contribution in [0.4, 0.5) is 0 Å². The topological polar surface area (TPSA) is 46.0 Å². The fourth-order valence-corrected chi connectivity index (χ4v) is 5.40. The first-order valence-electron chi connectivity index (χ1n) is 11.1. The average Bonchev–Trinajstić information content (AvgIpc) is 3.46. The van der Waals surface area contributed by atoms with Crippen LogP contribution >= 0.6 is 23.6 Å². The normalized spacial score (nSPS) is 14.7. The van der Waals surface area contributed by atoms with Gasteiger partial charge >= 0.3 is 0 Å². The van der Waals surface area contributed by atoms with Crippen molar-refractivity contribution in [2.24, 2.45) is 0 Å². The summed E-state index contributed by atoms with van der Waals surface area (Å²) in [6, 6.07) is 14.9. The van der Waals surface area contributed by atoms with Crippen LogP contribution in [0.1, 0.15) is 40.8 Å². The molecule has 5 rings (SSSR count). The SMILES string of the molecule is Cc1nc(Cn2ccnc2C2CCN(C(=S)NCc3cccc4ccccc34)CC2)cs1. The molecule has 0 unspecified atom stereocenters. The van der Waals surface area contributed by atoms with Gasteiger partial charge in [0.2, 0.25) is 0 Å². The van der Waals surface area contributed by atoms with Gasteiger partial charge in [-0.2, -0.15) is 0 Å². The van der Waals surface area contributed by atoms with E-state index in [1.54, 1.807) is 11.3 Å². The second-order valence-electron chi connectivity index (χ2n) is 8.33. The van der Waals surface area contributed by atoms with Crippen molar-refractivity contribution in [2.45, 2.75) is 38.8 Å². The number of fused-ring (bicyclic) bond motifs is 1. The summed E-state index contributed by atoms with van der Waals surface area (Å²) in [5.74, 6) is 1.63. The van der Waals surface area contributed by atoms with E-state index >= 15 is 0 Å². The zero-order valence-corrected chi connectivity index (χ0v) is 19.8. The zero-order chi connectivity index (χ0) is 21.9. The Morgan fingerprint density at radius 1 is 1.16 bits per heavy atom. The molecule has 1 saturated heterocycles. The van der Waals surface area contributed by atoms with Gasteiger partial charge in [0.05, 0.1) is 17.2 Å². The minimum Gasteiger partial charge on any atom is -0.358 e. The molecule has 1 fully saturated rings. The molecule has 0 spiro atoms. The number of thiocarbonyl (C=S) groups is 1.